The predicted octanol–water partition coefficient (Wildman–Crippen LogP) is 11.1. The molecule has 202 valence electrons. The van der Waals surface area contributed by atoms with Gasteiger partial charge in [0.25, 0.3) is 0 Å². The lowest BCUT2D eigenvalue weighted by Gasteiger charge is -2.30. The second-order valence-corrected chi connectivity index (χ2v) is 12.4. The molecule has 5 rings (SSSR count). The predicted molar refractivity (Wildman–Crippen MR) is 170 cm³/mol. The second-order valence-electron chi connectivity index (χ2n) is 11.5. The van der Waals surface area contributed by atoms with E-state index in [-0.39, 0.29) is 5.41 Å². The third-order valence-electron chi connectivity index (χ3n) is 8.61. The highest BCUT2D eigenvalue weighted by molar-refractivity contribution is 9.10. The van der Waals surface area contributed by atoms with Crippen molar-refractivity contribution in [3.63, 3.8) is 0 Å². The van der Waals surface area contributed by atoms with E-state index >= 15 is 0 Å². The molecule has 0 saturated carbocycles. The number of rotatable bonds is 12. The summed E-state index contributed by atoms with van der Waals surface area (Å²) in [4.78, 5) is 4.72. The highest BCUT2D eigenvalue weighted by atomic mass is 79.9. The summed E-state index contributed by atoms with van der Waals surface area (Å²) in [6, 6.07) is 27.7. The average molecular weight is 581 g/mol. The number of benzene rings is 3. The molecule has 0 saturated heterocycles. The van der Waals surface area contributed by atoms with Crippen LogP contribution in [-0.2, 0) is 18.3 Å². The second kappa shape index (κ2) is 12.6. The lowest BCUT2D eigenvalue weighted by Crippen LogP contribution is -2.23. The summed E-state index contributed by atoms with van der Waals surface area (Å²) in [5, 5.41) is 0. The van der Waals surface area contributed by atoms with Crippen LogP contribution in [0.25, 0.3) is 22.4 Å². The van der Waals surface area contributed by atoms with E-state index in [1.54, 1.807) is 0 Å². The molecule has 1 unspecified atom stereocenters. The van der Waals surface area contributed by atoms with Crippen molar-refractivity contribution in [2.45, 2.75) is 90.4 Å². The molecule has 4 aromatic rings. The van der Waals surface area contributed by atoms with E-state index in [0.29, 0.717) is 0 Å². The molecule has 1 heterocycles. The lowest BCUT2D eigenvalue weighted by molar-refractivity contribution is 0.656. The van der Waals surface area contributed by atoms with Crippen molar-refractivity contribution in [2.24, 2.45) is 0 Å². The molecule has 1 aromatic heterocycles. The average Bonchev–Trinajstić information content (AvgIpc) is 3.22. The van der Waals surface area contributed by atoms with Crippen molar-refractivity contribution in [3.8, 4) is 22.4 Å². The van der Waals surface area contributed by atoms with Gasteiger partial charge in [-0.2, -0.15) is 0 Å². The number of aromatic nitrogens is 1. The Morgan fingerprint density at radius 2 is 1.33 bits per heavy atom. The molecular formula is C37H42BrN. The van der Waals surface area contributed by atoms with Gasteiger partial charge in [0.1, 0.15) is 0 Å². The maximum atomic E-state index is 4.72. The van der Waals surface area contributed by atoms with Crippen LogP contribution >= 0.6 is 15.9 Å². The molecule has 2 heteroatoms. The Morgan fingerprint density at radius 3 is 1.97 bits per heavy atom. The Bertz CT molecular complexity index is 1370. The minimum Gasteiger partial charge on any atom is -0.255 e. The van der Waals surface area contributed by atoms with E-state index in [1.165, 1.54) is 109 Å². The quantitative estimate of drug-likeness (QED) is 0.152. The van der Waals surface area contributed by atoms with E-state index in [9.17, 15) is 0 Å². The van der Waals surface area contributed by atoms with Crippen LogP contribution in [-0.4, -0.2) is 4.98 Å². The van der Waals surface area contributed by atoms with Crippen LogP contribution in [0, 0.1) is 0 Å². The van der Waals surface area contributed by atoms with E-state index < -0.39 is 0 Å². The van der Waals surface area contributed by atoms with Gasteiger partial charge in [0.15, 0.2) is 0 Å². The summed E-state index contributed by atoms with van der Waals surface area (Å²) >= 11 is 3.54. The minimum absolute atomic E-state index is 0.200. The Morgan fingerprint density at radius 1 is 0.667 bits per heavy atom. The van der Waals surface area contributed by atoms with Crippen LogP contribution in [0.5, 0.6) is 0 Å². The maximum Gasteiger partial charge on any atom is 0.0702 e. The number of aryl methyl sites for hydroxylation is 2. The number of nitrogens with zero attached hydrogens (tertiary/aromatic N) is 1. The van der Waals surface area contributed by atoms with Gasteiger partial charge >= 0.3 is 0 Å². The van der Waals surface area contributed by atoms with Crippen molar-refractivity contribution >= 4 is 15.9 Å². The number of hydrogen-bond acceptors (Lipinski definition) is 1. The summed E-state index contributed by atoms with van der Waals surface area (Å²) in [6.45, 7) is 7.04. The van der Waals surface area contributed by atoms with Crippen LogP contribution in [0.2, 0.25) is 0 Å². The number of halogens is 1. The van der Waals surface area contributed by atoms with E-state index in [1.807, 2.05) is 6.20 Å². The Balaban J connectivity index is 1.60. The van der Waals surface area contributed by atoms with Gasteiger partial charge in [0, 0.05) is 21.6 Å². The Kier molecular flexibility index (Phi) is 9.03. The zero-order valence-electron chi connectivity index (χ0n) is 23.9. The molecule has 0 radical (unpaired) electrons. The smallest absolute Gasteiger partial charge is 0.0702 e. The van der Waals surface area contributed by atoms with Gasteiger partial charge in [-0.3, -0.25) is 4.98 Å². The summed E-state index contributed by atoms with van der Waals surface area (Å²) in [6.07, 6.45) is 14.6. The van der Waals surface area contributed by atoms with Crippen molar-refractivity contribution in [1.82, 2.24) is 4.98 Å². The lowest BCUT2D eigenvalue weighted by atomic mass is 9.72. The summed E-state index contributed by atoms with van der Waals surface area (Å²) < 4.78 is 1.01. The Labute approximate surface area is 244 Å². The minimum atomic E-state index is -0.200. The van der Waals surface area contributed by atoms with Crippen molar-refractivity contribution in [2.75, 3.05) is 0 Å². The fourth-order valence-electron chi connectivity index (χ4n) is 6.36. The highest BCUT2D eigenvalue weighted by Gasteiger charge is 2.41. The highest BCUT2D eigenvalue weighted by Crippen LogP contribution is 2.53. The van der Waals surface area contributed by atoms with E-state index in [2.05, 4.69) is 109 Å². The number of fused-ring (bicyclic) bond motifs is 3. The molecule has 1 aliphatic carbocycles. The Hall–Kier alpha value is -2.71. The number of unbranched alkanes of at least 4 members (excludes halogenated alkanes) is 6. The monoisotopic (exact) mass is 579 g/mol. The molecule has 0 N–H and O–H groups in total. The van der Waals surface area contributed by atoms with Gasteiger partial charge in [-0.1, -0.05) is 107 Å². The van der Waals surface area contributed by atoms with Crippen LogP contribution in [0.3, 0.4) is 0 Å². The maximum absolute atomic E-state index is 4.72. The normalized spacial score (nSPS) is 15.8. The first-order valence-corrected chi connectivity index (χ1v) is 15.8. The zero-order chi connectivity index (χ0) is 27.2. The first-order valence-electron chi connectivity index (χ1n) is 15.0. The molecule has 39 heavy (non-hydrogen) atoms. The summed E-state index contributed by atoms with van der Waals surface area (Å²) in [5.41, 5.74) is 12.0. The van der Waals surface area contributed by atoms with Crippen molar-refractivity contribution in [1.29, 1.82) is 0 Å². The molecular weight excluding hydrogens is 538 g/mol. The van der Waals surface area contributed by atoms with Crippen molar-refractivity contribution < 1.29 is 0 Å². The van der Waals surface area contributed by atoms with E-state index in [0.717, 1.165) is 10.2 Å². The molecule has 1 nitrogen and oxygen atoms in total. The molecule has 0 aliphatic heterocycles. The molecule has 0 amide bonds. The topological polar surface area (TPSA) is 12.9 Å². The van der Waals surface area contributed by atoms with Crippen molar-refractivity contribution in [3.05, 3.63) is 111 Å². The van der Waals surface area contributed by atoms with Gasteiger partial charge in [-0.05, 0) is 106 Å². The first-order chi connectivity index (χ1) is 19.0. The van der Waals surface area contributed by atoms with Gasteiger partial charge < -0.3 is 0 Å². The van der Waals surface area contributed by atoms with Gasteiger partial charge in [0.2, 0.25) is 0 Å². The fraction of sp³-hybridized carbons (Fsp3) is 0.378. The third kappa shape index (κ3) is 5.92. The fourth-order valence-corrected chi connectivity index (χ4v) is 6.60. The number of hydrogen-bond donors (Lipinski definition) is 0. The largest absolute Gasteiger partial charge is 0.255 e. The molecule has 1 atom stereocenters. The number of pyridine rings is 1. The van der Waals surface area contributed by atoms with Gasteiger partial charge in [-0.25, -0.2) is 0 Å². The van der Waals surface area contributed by atoms with Gasteiger partial charge in [-0.15, -0.1) is 0 Å². The zero-order valence-corrected chi connectivity index (χ0v) is 25.5. The molecule has 0 spiro atoms. The third-order valence-corrected chi connectivity index (χ3v) is 9.07. The molecule has 1 aliphatic rings. The van der Waals surface area contributed by atoms with Crippen LogP contribution in [0.1, 0.15) is 100.0 Å². The first kappa shape index (κ1) is 27.8. The molecule has 3 aromatic carbocycles. The summed E-state index contributed by atoms with van der Waals surface area (Å²) in [7, 11) is 0. The van der Waals surface area contributed by atoms with Crippen LogP contribution in [0.4, 0.5) is 0 Å². The van der Waals surface area contributed by atoms with Crippen LogP contribution < -0.4 is 0 Å². The SMILES string of the molecule is CCCCCCc1cc(CCCCCC)cc(C2(C)c3ccccc3-c3ccc(-c4ccc(Br)cn4)cc32)c1. The standard InChI is InChI=1S/C37H42BrN/c1-4-6-8-10-14-27-22-28(15-11-9-7-5-2)24-30(23-27)37(3)34-17-13-12-16-32(34)33-20-18-29(25-35(33)37)36-21-19-31(38)26-39-36/h12-13,16-26H,4-11,14-15H2,1-3H3. The van der Waals surface area contributed by atoms with Crippen LogP contribution in [0.15, 0.2) is 83.5 Å². The van der Waals surface area contributed by atoms with Gasteiger partial charge in [0.05, 0.1) is 5.69 Å². The summed E-state index contributed by atoms with van der Waals surface area (Å²) in [5.74, 6) is 0. The van der Waals surface area contributed by atoms with E-state index in [4.69, 9.17) is 4.98 Å². The molecule has 0 fully saturated rings. The molecule has 0 bridgehead atoms.